The Bertz CT molecular complexity index is 2260. The average Bonchev–Trinajstić information content (AvgIpc) is 3.61. The normalized spacial score (nSPS) is 22.6. The molecule has 10 nitrogen and oxygen atoms in total. The fourth-order valence-electron chi connectivity index (χ4n) is 8.86. The summed E-state index contributed by atoms with van der Waals surface area (Å²) in [5.74, 6) is -4.79. The number of rotatable bonds is 14. The topological polar surface area (TPSA) is 111 Å². The van der Waals surface area contributed by atoms with Crippen LogP contribution in [0.3, 0.4) is 0 Å². The van der Waals surface area contributed by atoms with Gasteiger partial charge in [0.1, 0.15) is 24.6 Å². The smallest absolute Gasteiger partial charge is 0.265 e. The highest BCUT2D eigenvalue weighted by molar-refractivity contribution is 6.74. The maximum Gasteiger partial charge on any atom is 0.265 e. The maximum absolute atomic E-state index is 16.7. The summed E-state index contributed by atoms with van der Waals surface area (Å²) in [5, 5.41) is 3.83. The van der Waals surface area contributed by atoms with Gasteiger partial charge in [0.05, 0.1) is 23.2 Å². The van der Waals surface area contributed by atoms with Gasteiger partial charge in [-0.2, -0.15) is 0 Å². The largest absolute Gasteiger partial charge is 0.486 e. The molecule has 3 aromatic carbocycles. The third-order valence-electron chi connectivity index (χ3n) is 12.7. The summed E-state index contributed by atoms with van der Waals surface area (Å²) in [6.07, 6.45) is 3.63. The Balaban J connectivity index is 1.40. The SMILES string of the molecule is C=CCN(CC=C)c1cc(F)c2c(c1OCc1ccccc1)C(=O)C1C(=O)[C@]3(O[Si](C)(C)C(C)(C)C)C(=O)c4c(OCc5ccccc5)noc4[C@@H](N(C)C)[C@@H]3C[C@@H]1C2. The van der Waals surface area contributed by atoms with Crippen molar-refractivity contribution in [2.24, 2.45) is 17.8 Å². The predicted molar refractivity (Wildman–Crippen MR) is 227 cm³/mol. The number of hydrogen-bond donors (Lipinski definition) is 0. The van der Waals surface area contributed by atoms with Crippen LogP contribution in [0.1, 0.15) is 76.4 Å². The Labute approximate surface area is 347 Å². The third-order valence-corrected chi connectivity index (χ3v) is 17.1. The van der Waals surface area contributed by atoms with Gasteiger partial charge >= 0.3 is 0 Å². The Hall–Kier alpha value is -5.17. The minimum atomic E-state index is -2.98. The van der Waals surface area contributed by atoms with Gasteiger partial charge in [-0.15, -0.1) is 13.2 Å². The highest BCUT2D eigenvalue weighted by Crippen LogP contribution is 2.59. The molecule has 0 N–H and O–H groups in total. The van der Waals surface area contributed by atoms with Crippen LogP contribution in [0.15, 0.2) is 96.6 Å². The number of ether oxygens (including phenoxy) is 2. The molecule has 0 bridgehead atoms. The van der Waals surface area contributed by atoms with Crippen LogP contribution in [0.5, 0.6) is 11.6 Å². The van der Waals surface area contributed by atoms with Crippen molar-refractivity contribution in [1.82, 2.24) is 10.1 Å². The predicted octanol–water partition coefficient (Wildman–Crippen LogP) is 8.97. The summed E-state index contributed by atoms with van der Waals surface area (Å²) >= 11 is 0. The lowest BCUT2D eigenvalue weighted by Crippen LogP contribution is -2.70. The second kappa shape index (κ2) is 16.1. The molecule has 59 heavy (non-hydrogen) atoms. The van der Waals surface area contributed by atoms with Crippen molar-refractivity contribution >= 4 is 31.4 Å². The van der Waals surface area contributed by atoms with Crippen LogP contribution in [-0.4, -0.2) is 68.5 Å². The van der Waals surface area contributed by atoms with E-state index < -0.39 is 65.9 Å². The molecular formula is C47H54FN3O7Si. The molecule has 1 unspecified atom stereocenters. The van der Waals surface area contributed by atoms with Gasteiger partial charge in [-0.05, 0) is 67.3 Å². The number of aromatic nitrogens is 1. The van der Waals surface area contributed by atoms with Crippen LogP contribution in [-0.2, 0) is 28.9 Å². The zero-order valence-corrected chi connectivity index (χ0v) is 36.0. The molecule has 12 heteroatoms. The second-order valence-corrected chi connectivity index (χ2v) is 22.4. The fraction of sp³-hybridized carbons (Fsp3) is 0.404. The van der Waals surface area contributed by atoms with Crippen molar-refractivity contribution in [3.63, 3.8) is 0 Å². The minimum absolute atomic E-state index is 0.00884. The number of carbonyl (C=O) groups excluding carboxylic acids is 3. The number of halogens is 1. The number of carbonyl (C=O) groups is 3. The lowest BCUT2D eigenvalue weighted by molar-refractivity contribution is -0.151. The van der Waals surface area contributed by atoms with E-state index in [0.29, 0.717) is 18.8 Å². The minimum Gasteiger partial charge on any atom is -0.486 e. The van der Waals surface area contributed by atoms with Crippen molar-refractivity contribution in [1.29, 1.82) is 0 Å². The molecule has 5 atom stereocenters. The highest BCUT2D eigenvalue weighted by Gasteiger charge is 2.70. The summed E-state index contributed by atoms with van der Waals surface area (Å²) in [4.78, 5) is 50.6. The molecule has 3 aliphatic rings. The molecule has 0 aliphatic heterocycles. The second-order valence-electron chi connectivity index (χ2n) is 17.7. The molecular weight excluding hydrogens is 766 g/mol. The van der Waals surface area contributed by atoms with E-state index in [0.717, 1.165) is 11.1 Å². The number of hydrogen-bond acceptors (Lipinski definition) is 10. The molecule has 310 valence electrons. The zero-order chi connectivity index (χ0) is 42.4. The van der Waals surface area contributed by atoms with E-state index in [2.05, 4.69) is 18.3 Å². The van der Waals surface area contributed by atoms with E-state index in [9.17, 15) is 0 Å². The molecule has 0 radical (unpaired) electrons. The van der Waals surface area contributed by atoms with Gasteiger partial charge in [0, 0.05) is 30.6 Å². The summed E-state index contributed by atoms with van der Waals surface area (Å²) in [7, 11) is 0.715. The first kappa shape index (κ1) is 42.0. The van der Waals surface area contributed by atoms with E-state index in [1.54, 1.807) is 12.2 Å². The van der Waals surface area contributed by atoms with E-state index >= 15 is 18.8 Å². The Kier molecular flexibility index (Phi) is 11.5. The summed E-state index contributed by atoms with van der Waals surface area (Å²) in [5.41, 5.74) is 0.159. The molecule has 1 fully saturated rings. The number of ketones is 3. The number of benzene rings is 3. The van der Waals surface area contributed by atoms with E-state index in [1.807, 2.05) is 118 Å². The molecule has 1 heterocycles. The molecule has 1 saturated carbocycles. The molecule has 3 aliphatic carbocycles. The van der Waals surface area contributed by atoms with Crippen molar-refractivity contribution in [2.45, 2.75) is 76.6 Å². The summed E-state index contributed by atoms with van der Waals surface area (Å²) < 4.78 is 42.6. The molecule has 4 aromatic rings. The monoisotopic (exact) mass is 819 g/mol. The van der Waals surface area contributed by atoms with Crippen molar-refractivity contribution < 1.29 is 37.2 Å². The zero-order valence-electron chi connectivity index (χ0n) is 35.0. The van der Waals surface area contributed by atoms with Gasteiger partial charge in [-0.3, -0.25) is 19.3 Å². The van der Waals surface area contributed by atoms with Crippen LogP contribution in [0.4, 0.5) is 10.1 Å². The van der Waals surface area contributed by atoms with Crippen LogP contribution in [0.25, 0.3) is 0 Å². The number of Topliss-reactive ketones (excluding diaryl/α,β-unsaturated/α-hetero) is 3. The lowest BCUT2D eigenvalue weighted by atomic mass is 9.54. The standard InChI is InChI=1S/C47H54FN3O7Si/c1-10-22-51(23-11-2)35-26-34(48)32-24-31-25-33-39(50(6)7)42-38(45(49-57-42)56-28-30-20-16-13-17-21-30)44(54)47(33,58-59(8,9)46(3,4)5)43(53)36(31)40(52)37(32)41(35)55-27-29-18-14-12-15-19-29/h10-21,26,31,33,36,39H,1-2,22-25,27-28H2,3-9H3/t31-,33-,36?,39-,47-/m0/s1. The number of nitrogens with zero attached hydrogens (tertiary/aromatic N) is 3. The Morgan fingerprint density at radius 1 is 0.932 bits per heavy atom. The van der Waals surface area contributed by atoms with Gasteiger partial charge < -0.3 is 23.3 Å². The molecule has 1 aromatic heterocycles. The Morgan fingerprint density at radius 3 is 2.08 bits per heavy atom. The lowest BCUT2D eigenvalue weighted by Gasteiger charge is -2.56. The Morgan fingerprint density at radius 2 is 1.53 bits per heavy atom. The number of anilines is 1. The van der Waals surface area contributed by atoms with Crippen molar-refractivity contribution in [3.05, 3.63) is 131 Å². The van der Waals surface area contributed by atoms with Gasteiger partial charge in [0.25, 0.3) is 5.88 Å². The van der Waals surface area contributed by atoms with Crippen LogP contribution < -0.4 is 14.4 Å². The first-order chi connectivity index (χ1) is 28.0. The van der Waals surface area contributed by atoms with E-state index in [-0.39, 0.29) is 60.1 Å². The average molecular weight is 820 g/mol. The van der Waals surface area contributed by atoms with E-state index in [4.69, 9.17) is 18.4 Å². The number of fused-ring (bicyclic) bond motifs is 4. The maximum atomic E-state index is 16.7. The van der Waals surface area contributed by atoms with Gasteiger partial charge in [-0.25, -0.2) is 4.39 Å². The molecule has 7 rings (SSSR count). The quantitative estimate of drug-likeness (QED) is 0.0695. The van der Waals surface area contributed by atoms with Gasteiger partial charge in [-0.1, -0.05) is 93.6 Å². The van der Waals surface area contributed by atoms with Crippen molar-refractivity contribution in [2.75, 3.05) is 32.1 Å². The fourth-order valence-corrected chi connectivity index (χ4v) is 10.3. The van der Waals surface area contributed by atoms with Gasteiger partial charge in [0.15, 0.2) is 37.0 Å². The third kappa shape index (κ3) is 7.29. The highest BCUT2D eigenvalue weighted by atomic mass is 28.4. The van der Waals surface area contributed by atoms with Gasteiger partial charge in [0.2, 0.25) is 5.78 Å². The summed E-state index contributed by atoms with van der Waals surface area (Å²) in [6.45, 7) is 18.7. The molecule has 0 spiro atoms. The van der Waals surface area contributed by atoms with E-state index in [1.165, 1.54) is 6.07 Å². The first-order valence-electron chi connectivity index (χ1n) is 20.2. The molecule has 0 saturated heterocycles. The molecule has 0 amide bonds. The first-order valence-corrected chi connectivity index (χ1v) is 23.1. The van der Waals surface area contributed by atoms with Crippen LogP contribution >= 0.6 is 0 Å². The summed E-state index contributed by atoms with van der Waals surface area (Å²) in [6, 6.07) is 19.7. The van der Waals surface area contributed by atoms with Crippen LogP contribution in [0, 0.1) is 23.6 Å². The van der Waals surface area contributed by atoms with Crippen molar-refractivity contribution in [3.8, 4) is 11.6 Å². The van der Waals surface area contributed by atoms with Crippen LogP contribution in [0.2, 0.25) is 18.1 Å².